The highest BCUT2D eigenvalue weighted by Gasteiger charge is 2.50. The van der Waals surface area contributed by atoms with Crippen molar-refractivity contribution in [3.8, 4) is 5.75 Å². The lowest BCUT2D eigenvalue weighted by Crippen LogP contribution is -2.63. The summed E-state index contributed by atoms with van der Waals surface area (Å²) in [6, 6.07) is 6.98. The molecule has 0 spiro atoms. The summed E-state index contributed by atoms with van der Waals surface area (Å²) in [7, 11) is 1.45. The van der Waals surface area contributed by atoms with Gasteiger partial charge in [-0.25, -0.2) is 9.78 Å². The van der Waals surface area contributed by atoms with Crippen molar-refractivity contribution in [2.45, 2.75) is 44.1 Å². The molecule has 4 rings (SSSR count). The number of imidazole rings is 1. The Labute approximate surface area is 153 Å². The van der Waals surface area contributed by atoms with E-state index in [4.69, 9.17) is 14.2 Å². The van der Waals surface area contributed by atoms with E-state index >= 15 is 0 Å². The number of benzene rings is 1. The number of aliphatic hydroxyl groups excluding tert-OH is 2. The lowest BCUT2D eigenvalue weighted by Gasteiger charge is -2.46. The molecular weight excluding hydrogens is 354 g/mol. The van der Waals surface area contributed by atoms with Crippen LogP contribution in [0, 0.1) is 0 Å². The summed E-state index contributed by atoms with van der Waals surface area (Å²) in [5.41, 5.74) is 0.479. The average molecular weight is 375 g/mol. The second kappa shape index (κ2) is 6.31. The van der Waals surface area contributed by atoms with Crippen molar-refractivity contribution in [3.63, 3.8) is 0 Å². The zero-order chi connectivity index (χ0) is 19.3. The number of rotatable bonds is 3. The van der Waals surface area contributed by atoms with Crippen LogP contribution in [0.1, 0.15) is 13.8 Å². The molecule has 2 aromatic heterocycles. The van der Waals surface area contributed by atoms with E-state index in [0.29, 0.717) is 22.4 Å². The number of nitrogens with one attached hydrogen (secondary N) is 2. The van der Waals surface area contributed by atoms with Crippen LogP contribution >= 0.6 is 0 Å². The van der Waals surface area contributed by atoms with Gasteiger partial charge in [-0.15, -0.1) is 0 Å². The Kier molecular flexibility index (Phi) is 4.19. The molecule has 4 N–H and O–H groups in total. The Hall–Kier alpha value is -2.46. The van der Waals surface area contributed by atoms with Gasteiger partial charge < -0.3 is 29.4 Å². The Morgan fingerprint density at radius 3 is 2.70 bits per heavy atom. The van der Waals surface area contributed by atoms with Gasteiger partial charge in [0.15, 0.2) is 5.65 Å². The SMILES string of the molecule is COC1C(O)C(O)C(Oc2ccc3cc4[nH]c(=O)[nH]c4nc3c2)OC1(C)C. The number of pyridine rings is 1. The molecule has 27 heavy (non-hydrogen) atoms. The van der Waals surface area contributed by atoms with Crippen molar-refractivity contribution >= 4 is 22.1 Å². The number of aromatic nitrogens is 3. The first kappa shape index (κ1) is 17.9. The highest BCUT2D eigenvalue weighted by Crippen LogP contribution is 2.33. The van der Waals surface area contributed by atoms with Gasteiger partial charge in [0.25, 0.3) is 0 Å². The molecule has 4 atom stereocenters. The highest BCUT2D eigenvalue weighted by molar-refractivity contribution is 5.89. The predicted octanol–water partition coefficient (Wildman–Crippen LogP) is 0.655. The number of hydrogen-bond donors (Lipinski definition) is 4. The van der Waals surface area contributed by atoms with E-state index in [1.807, 2.05) is 0 Å². The summed E-state index contributed by atoms with van der Waals surface area (Å²) in [6.45, 7) is 3.51. The zero-order valence-corrected chi connectivity index (χ0v) is 15.1. The molecule has 0 radical (unpaired) electrons. The van der Waals surface area contributed by atoms with E-state index in [2.05, 4.69) is 15.0 Å². The van der Waals surface area contributed by atoms with Crippen LogP contribution < -0.4 is 10.4 Å². The molecule has 1 aromatic carbocycles. The minimum Gasteiger partial charge on any atom is -0.462 e. The standard InChI is InChI=1S/C18H21N3O6/c1-18(2)14(25-3)12(22)13(23)16(27-18)26-9-5-4-8-6-11-15(19-10(8)7-9)21-17(24)20-11/h4-7,12-14,16,22-23H,1-3H3,(H2,19,20,21,24). The van der Waals surface area contributed by atoms with Gasteiger partial charge in [0.1, 0.15) is 24.1 Å². The molecule has 0 aliphatic carbocycles. The Morgan fingerprint density at radius 2 is 1.96 bits per heavy atom. The van der Waals surface area contributed by atoms with Gasteiger partial charge >= 0.3 is 5.69 Å². The van der Waals surface area contributed by atoms with Gasteiger partial charge in [-0.1, -0.05) is 0 Å². The molecule has 0 amide bonds. The lowest BCUT2D eigenvalue weighted by molar-refractivity contribution is -0.305. The van der Waals surface area contributed by atoms with Crippen LogP contribution in [0.15, 0.2) is 29.1 Å². The molecule has 1 fully saturated rings. The molecule has 4 unspecified atom stereocenters. The topological polar surface area (TPSA) is 130 Å². The summed E-state index contributed by atoms with van der Waals surface area (Å²) in [6.07, 6.45) is -4.21. The summed E-state index contributed by atoms with van der Waals surface area (Å²) in [4.78, 5) is 21.1. The number of H-pyrrole nitrogens is 2. The molecule has 144 valence electrons. The fourth-order valence-corrected chi connectivity index (χ4v) is 3.51. The number of methoxy groups -OCH3 is 1. The second-order valence-corrected chi connectivity index (χ2v) is 7.16. The summed E-state index contributed by atoms with van der Waals surface area (Å²) in [5, 5.41) is 21.5. The summed E-state index contributed by atoms with van der Waals surface area (Å²) >= 11 is 0. The molecule has 9 nitrogen and oxygen atoms in total. The van der Waals surface area contributed by atoms with Crippen molar-refractivity contribution in [3.05, 3.63) is 34.7 Å². The van der Waals surface area contributed by atoms with E-state index in [-0.39, 0.29) is 5.69 Å². The van der Waals surface area contributed by atoms with Crippen molar-refractivity contribution in [1.82, 2.24) is 15.0 Å². The third-order valence-electron chi connectivity index (χ3n) is 4.82. The smallest absolute Gasteiger partial charge is 0.325 e. The van der Waals surface area contributed by atoms with Crippen LogP contribution in [-0.4, -0.2) is 62.5 Å². The van der Waals surface area contributed by atoms with Crippen LogP contribution in [0.25, 0.3) is 22.1 Å². The molecule has 3 aromatic rings. The van der Waals surface area contributed by atoms with Crippen LogP contribution in [0.5, 0.6) is 5.75 Å². The van der Waals surface area contributed by atoms with Gasteiger partial charge in [-0.2, -0.15) is 0 Å². The maximum absolute atomic E-state index is 11.4. The molecular formula is C18H21N3O6. The summed E-state index contributed by atoms with van der Waals surface area (Å²) in [5.74, 6) is 0.412. The van der Waals surface area contributed by atoms with Crippen molar-refractivity contribution in [2.75, 3.05) is 7.11 Å². The monoisotopic (exact) mass is 375 g/mol. The Morgan fingerprint density at radius 1 is 1.19 bits per heavy atom. The number of fused-ring (bicyclic) bond motifs is 2. The number of hydrogen-bond acceptors (Lipinski definition) is 7. The maximum Gasteiger partial charge on any atom is 0.325 e. The molecule has 1 saturated heterocycles. The zero-order valence-electron chi connectivity index (χ0n) is 15.1. The normalized spacial score (nSPS) is 27.9. The number of nitrogens with zero attached hydrogens (tertiary/aromatic N) is 1. The molecule has 9 heteroatoms. The molecule has 1 aliphatic rings. The minimum absolute atomic E-state index is 0.327. The Bertz CT molecular complexity index is 1040. The van der Waals surface area contributed by atoms with Crippen LogP contribution in [0.2, 0.25) is 0 Å². The highest BCUT2D eigenvalue weighted by atomic mass is 16.7. The predicted molar refractivity (Wildman–Crippen MR) is 96.6 cm³/mol. The third kappa shape index (κ3) is 3.08. The van der Waals surface area contributed by atoms with E-state index in [0.717, 1.165) is 5.39 Å². The quantitative estimate of drug-likeness (QED) is 0.529. The second-order valence-electron chi connectivity index (χ2n) is 7.16. The van der Waals surface area contributed by atoms with E-state index in [1.165, 1.54) is 7.11 Å². The van der Waals surface area contributed by atoms with Gasteiger partial charge in [-0.05, 0) is 32.0 Å². The fourth-order valence-electron chi connectivity index (χ4n) is 3.51. The van der Waals surface area contributed by atoms with E-state index in [1.54, 1.807) is 38.1 Å². The first-order valence-corrected chi connectivity index (χ1v) is 8.55. The van der Waals surface area contributed by atoms with Crippen molar-refractivity contribution < 1.29 is 24.4 Å². The molecule has 1 aliphatic heterocycles. The minimum atomic E-state index is -1.28. The van der Waals surface area contributed by atoms with Gasteiger partial charge in [0.05, 0.1) is 16.6 Å². The van der Waals surface area contributed by atoms with E-state index in [9.17, 15) is 15.0 Å². The molecule has 0 saturated carbocycles. The van der Waals surface area contributed by atoms with Crippen LogP contribution in [-0.2, 0) is 9.47 Å². The number of ether oxygens (including phenoxy) is 3. The van der Waals surface area contributed by atoms with Gasteiger partial charge in [0, 0.05) is 18.6 Å². The van der Waals surface area contributed by atoms with Crippen LogP contribution in [0.4, 0.5) is 0 Å². The lowest BCUT2D eigenvalue weighted by atomic mass is 9.89. The summed E-state index contributed by atoms with van der Waals surface area (Å²) < 4.78 is 16.9. The van der Waals surface area contributed by atoms with Gasteiger partial charge in [0.2, 0.25) is 6.29 Å². The fraction of sp³-hybridized carbons (Fsp3) is 0.444. The van der Waals surface area contributed by atoms with Crippen molar-refractivity contribution in [1.29, 1.82) is 0 Å². The number of aromatic amines is 2. The third-order valence-corrected chi connectivity index (χ3v) is 4.82. The van der Waals surface area contributed by atoms with Crippen LogP contribution in [0.3, 0.4) is 0 Å². The first-order chi connectivity index (χ1) is 12.8. The van der Waals surface area contributed by atoms with Crippen molar-refractivity contribution in [2.24, 2.45) is 0 Å². The number of aliphatic hydroxyl groups is 2. The van der Waals surface area contributed by atoms with Gasteiger partial charge in [-0.3, -0.25) is 4.98 Å². The Balaban J connectivity index is 1.64. The molecule has 3 heterocycles. The average Bonchev–Trinajstić information content (AvgIpc) is 2.96. The van der Waals surface area contributed by atoms with E-state index < -0.39 is 30.2 Å². The maximum atomic E-state index is 11.4. The largest absolute Gasteiger partial charge is 0.462 e. The first-order valence-electron chi connectivity index (χ1n) is 8.55. The molecule has 0 bridgehead atoms.